The lowest BCUT2D eigenvalue weighted by Gasteiger charge is -2.13. The highest BCUT2D eigenvalue weighted by Crippen LogP contribution is 2.23. The zero-order valence-corrected chi connectivity index (χ0v) is 13.7. The van der Waals surface area contributed by atoms with E-state index in [1.54, 1.807) is 0 Å². The van der Waals surface area contributed by atoms with Gasteiger partial charge in [0, 0.05) is 31.9 Å². The molecule has 0 radical (unpaired) electrons. The minimum absolute atomic E-state index is 0.0312. The van der Waals surface area contributed by atoms with Crippen molar-refractivity contribution in [2.75, 3.05) is 30.9 Å². The molecule has 0 spiro atoms. The number of aromatic amines is 1. The van der Waals surface area contributed by atoms with Gasteiger partial charge in [0.2, 0.25) is 5.95 Å². The lowest BCUT2D eigenvalue weighted by atomic mass is 10.1. The molecule has 2 N–H and O–H groups in total. The third-order valence-electron chi connectivity index (χ3n) is 3.51. The summed E-state index contributed by atoms with van der Waals surface area (Å²) in [5.74, 6) is 0.397. The van der Waals surface area contributed by atoms with E-state index >= 15 is 0 Å². The Kier molecular flexibility index (Phi) is 5.36. The Hall–Kier alpha value is -2.81. The fourth-order valence-corrected chi connectivity index (χ4v) is 2.17. The second kappa shape index (κ2) is 7.45. The highest BCUT2D eigenvalue weighted by molar-refractivity contribution is 5.69. The summed E-state index contributed by atoms with van der Waals surface area (Å²) in [4.78, 5) is 21.1. The van der Waals surface area contributed by atoms with Crippen molar-refractivity contribution in [3.8, 4) is 17.3 Å². The number of nitriles is 1. The Bertz CT molecular complexity index is 756. The molecule has 0 fully saturated rings. The number of benzene rings is 1. The molecule has 1 aromatic carbocycles. The van der Waals surface area contributed by atoms with Gasteiger partial charge in [-0.1, -0.05) is 25.5 Å². The number of H-pyrrole nitrogens is 1. The van der Waals surface area contributed by atoms with E-state index in [-0.39, 0.29) is 5.56 Å². The van der Waals surface area contributed by atoms with E-state index in [1.807, 2.05) is 49.3 Å². The van der Waals surface area contributed by atoms with Gasteiger partial charge in [-0.2, -0.15) is 5.26 Å². The van der Waals surface area contributed by atoms with Crippen LogP contribution in [0.25, 0.3) is 11.3 Å². The summed E-state index contributed by atoms with van der Waals surface area (Å²) < 4.78 is 0. The topological polar surface area (TPSA) is 84.8 Å². The summed E-state index contributed by atoms with van der Waals surface area (Å²) in [6.45, 7) is 2.82. The van der Waals surface area contributed by atoms with Crippen LogP contribution < -0.4 is 15.8 Å². The summed E-state index contributed by atoms with van der Waals surface area (Å²) in [5, 5.41) is 12.4. The predicted molar refractivity (Wildman–Crippen MR) is 92.7 cm³/mol. The highest BCUT2D eigenvalue weighted by Gasteiger charge is 2.13. The SMILES string of the molecule is CCCCNc1nc(-c2ccc(N(C)C)cc2)c(C#N)c(=O)[nH]1. The molecule has 2 aromatic rings. The molecule has 6 heteroatoms. The second-order valence-corrected chi connectivity index (χ2v) is 5.47. The van der Waals surface area contributed by atoms with Gasteiger partial charge in [0.15, 0.2) is 0 Å². The number of hydrogen-bond acceptors (Lipinski definition) is 5. The lowest BCUT2D eigenvalue weighted by Crippen LogP contribution is -2.18. The van der Waals surface area contributed by atoms with E-state index in [4.69, 9.17) is 0 Å². The predicted octanol–water partition coefficient (Wildman–Crippen LogP) is 2.59. The van der Waals surface area contributed by atoms with E-state index in [1.165, 1.54) is 0 Å². The molecule has 0 saturated carbocycles. The van der Waals surface area contributed by atoms with E-state index < -0.39 is 5.56 Å². The molecule has 2 rings (SSSR count). The Morgan fingerprint density at radius 2 is 2.00 bits per heavy atom. The molecule has 120 valence electrons. The molecule has 0 saturated heterocycles. The zero-order valence-electron chi connectivity index (χ0n) is 13.7. The number of aromatic nitrogens is 2. The van der Waals surface area contributed by atoms with Crippen LogP contribution in [-0.4, -0.2) is 30.6 Å². The average molecular weight is 311 g/mol. The smallest absolute Gasteiger partial charge is 0.270 e. The standard InChI is InChI=1S/C17H21N5O/c1-4-5-10-19-17-20-15(14(11-18)16(23)21-17)12-6-8-13(9-7-12)22(2)3/h6-9H,4-5,10H2,1-3H3,(H2,19,20,21,23). The first kappa shape index (κ1) is 16.6. The fourth-order valence-electron chi connectivity index (χ4n) is 2.17. The van der Waals surface area contributed by atoms with E-state index in [9.17, 15) is 10.1 Å². The van der Waals surface area contributed by atoms with Crippen molar-refractivity contribution >= 4 is 11.6 Å². The van der Waals surface area contributed by atoms with Gasteiger partial charge in [0.1, 0.15) is 11.6 Å². The zero-order chi connectivity index (χ0) is 16.8. The molecule has 0 atom stereocenters. The summed E-state index contributed by atoms with van der Waals surface area (Å²) >= 11 is 0. The van der Waals surface area contributed by atoms with Crippen LogP contribution in [0.1, 0.15) is 25.3 Å². The van der Waals surface area contributed by atoms with Crippen LogP contribution in [0.2, 0.25) is 0 Å². The van der Waals surface area contributed by atoms with Gasteiger partial charge in [-0.3, -0.25) is 9.78 Å². The first-order valence-electron chi connectivity index (χ1n) is 7.63. The molecule has 0 amide bonds. The van der Waals surface area contributed by atoms with Crippen molar-refractivity contribution in [1.82, 2.24) is 9.97 Å². The number of nitrogens with one attached hydrogen (secondary N) is 2. The minimum atomic E-state index is -0.423. The van der Waals surface area contributed by atoms with Crippen LogP contribution in [0, 0.1) is 11.3 Å². The molecule has 6 nitrogen and oxygen atoms in total. The monoisotopic (exact) mass is 311 g/mol. The first-order chi connectivity index (χ1) is 11.1. The number of hydrogen-bond donors (Lipinski definition) is 2. The number of unbranched alkanes of at least 4 members (excludes halogenated alkanes) is 1. The van der Waals surface area contributed by atoms with E-state index in [0.29, 0.717) is 11.6 Å². The van der Waals surface area contributed by atoms with Crippen LogP contribution >= 0.6 is 0 Å². The van der Waals surface area contributed by atoms with Gasteiger partial charge in [0.25, 0.3) is 5.56 Å². The van der Waals surface area contributed by atoms with Gasteiger partial charge in [-0.15, -0.1) is 0 Å². The maximum absolute atomic E-state index is 12.1. The Morgan fingerprint density at radius 1 is 1.30 bits per heavy atom. The number of rotatable bonds is 6. The van der Waals surface area contributed by atoms with Crippen molar-refractivity contribution in [2.45, 2.75) is 19.8 Å². The van der Waals surface area contributed by atoms with Crippen molar-refractivity contribution in [3.05, 3.63) is 40.2 Å². The molecule has 0 aliphatic rings. The van der Waals surface area contributed by atoms with E-state index in [0.717, 1.165) is 30.6 Å². The maximum atomic E-state index is 12.1. The van der Waals surface area contributed by atoms with E-state index in [2.05, 4.69) is 22.2 Å². The third-order valence-corrected chi connectivity index (χ3v) is 3.51. The van der Waals surface area contributed by atoms with Gasteiger partial charge in [-0.25, -0.2) is 4.98 Å². The van der Waals surface area contributed by atoms with Gasteiger partial charge >= 0.3 is 0 Å². The van der Waals surface area contributed by atoms with Gasteiger partial charge in [-0.05, 0) is 18.6 Å². The van der Waals surface area contributed by atoms with Crippen LogP contribution in [0.3, 0.4) is 0 Å². The summed E-state index contributed by atoms with van der Waals surface area (Å²) in [6.07, 6.45) is 2.03. The number of anilines is 2. The molecule has 1 aromatic heterocycles. The molecule has 0 unspecified atom stereocenters. The molecule has 0 bridgehead atoms. The highest BCUT2D eigenvalue weighted by atomic mass is 16.1. The molecular weight excluding hydrogens is 290 g/mol. The van der Waals surface area contributed by atoms with Crippen molar-refractivity contribution < 1.29 is 0 Å². The molecule has 0 aliphatic heterocycles. The molecular formula is C17H21N5O. The lowest BCUT2D eigenvalue weighted by molar-refractivity contribution is 0.825. The van der Waals surface area contributed by atoms with Crippen LogP contribution in [0.15, 0.2) is 29.1 Å². The molecule has 0 aliphatic carbocycles. The van der Waals surface area contributed by atoms with Gasteiger partial charge in [0.05, 0.1) is 5.69 Å². The first-order valence-corrected chi connectivity index (χ1v) is 7.63. The average Bonchev–Trinajstić information content (AvgIpc) is 2.54. The Labute approximate surface area is 135 Å². The van der Waals surface area contributed by atoms with Crippen LogP contribution in [0.4, 0.5) is 11.6 Å². The second-order valence-electron chi connectivity index (χ2n) is 5.47. The quantitative estimate of drug-likeness (QED) is 0.801. The molecule has 23 heavy (non-hydrogen) atoms. The fraction of sp³-hybridized carbons (Fsp3) is 0.353. The Morgan fingerprint density at radius 3 is 2.57 bits per heavy atom. The Balaban J connectivity index is 2.42. The summed E-state index contributed by atoms with van der Waals surface area (Å²) in [6, 6.07) is 9.56. The van der Waals surface area contributed by atoms with Crippen molar-refractivity contribution in [3.63, 3.8) is 0 Å². The summed E-state index contributed by atoms with van der Waals surface area (Å²) in [5.41, 5.74) is 1.80. The minimum Gasteiger partial charge on any atom is -0.378 e. The van der Waals surface area contributed by atoms with Gasteiger partial charge < -0.3 is 10.2 Å². The summed E-state index contributed by atoms with van der Waals surface area (Å²) in [7, 11) is 3.91. The number of nitrogens with zero attached hydrogens (tertiary/aromatic N) is 3. The van der Waals surface area contributed by atoms with Crippen LogP contribution in [-0.2, 0) is 0 Å². The largest absolute Gasteiger partial charge is 0.378 e. The normalized spacial score (nSPS) is 10.2. The molecule has 1 heterocycles. The third kappa shape index (κ3) is 3.89. The van der Waals surface area contributed by atoms with Crippen molar-refractivity contribution in [2.24, 2.45) is 0 Å². The van der Waals surface area contributed by atoms with Crippen molar-refractivity contribution in [1.29, 1.82) is 5.26 Å². The van der Waals surface area contributed by atoms with Crippen LogP contribution in [0.5, 0.6) is 0 Å². The maximum Gasteiger partial charge on any atom is 0.270 e.